The van der Waals surface area contributed by atoms with Crippen molar-refractivity contribution >= 4 is 21.6 Å². The number of hydrogen-bond acceptors (Lipinski definition) is 3. The van der Waals surface area contributed by atoms with E-state index in [9.17, 15) is 8.42 Å². The van der Waals surface area contributed by atoms with E-state index >= 15 is 0 Å². The van der Waals surface area contributed by atoms with E-state index in [4.69, 9.17) is 16.3 Å². The third-order valence-electron chi connectivity index (χ3n) is 2.40. The predicted octanol–water partition coefficient (Wildman–Crippen LogP) is 2.43. The van der Waals surface area contributed by atoms with Crippen molar-refractivity contribution < 1.29 is 13.2 Å². The first kappa shape index (κ1) is 14.3. The standard InChI is InChI=1S/C11H16ClNO3S/c1-4-8(2)13-17(14,15)9-5-6-11(16-3)10(12)7-9/h5-8,13H,4H2,1-3H3. The summed E-state index contributed by atoms with van der Waals surface area (Å²) < 4.78 is 31.4. The molecule has 0 saturated carbocycles. The maximum atomic E-state index is 11.9. The molecule has 6 heteroatoms. The molecule has 0 bridgehead atoms. The van der Waals surface area contributed by atoms with Crippen molar-refractivity contribution in [2.75, 3.05) is 7.11 Å². The molecule has 0 fully saturated rings. The van der Waals surface area contributed by atoms with Gasteiger partial charge in [-0.15, -0.1) is 0 Å². The smallest absolute Gasteiger partial charge is 0.240 e. The predicted molar refractivity (Wildman–Crippen MR) is 68.1 cm³/mol. The van der Waals surface area contributed by atoms with Gasteiger partial charge in [-0.3, -0.25) is 0 Å². The van der Waals surface area contributed by atoms with E-state index in [2.05, 4.69) is 4.72 Å². The van der Waals surface area contributed by atoms with Crippen molar-refractivity contribution in [2.24, 2.45) is 0 Å². The highest BCUT2D eigenvalue weighted by molar-refractivity contribution is 7.89. The Balaban J connectivity index is 3.04. The maximum absolute atomic E-state index is 11.9. The SMILES string of the molecule is CCC(C)NS(=O)(=O)c1ccc(OC)c(Cl)c1. The van der Waals surface area contributed by atoms with E-state index in [1.54, 1.807) is 0 Å². The molecule has 1 atom stereocenters. The molecule has 0 saturated heterocycles. The van der Waals surface area contributed by atoms with Crippen molar-refractivity contribution in [1.82, 2.24) is 4.72 Å². The fraction of sp³-hybridized carbons (Fsp3) is 0.455. The number of methoxy groups -OCH3 is 1. The number of sulfonamides is 1. The number of benzene rings is 1. The van der Waals surface area contributed by atoms with Crippen molar-refractivity contribution in [1.29, 1.82) is 0 Å². The molecule has 0 aromatic heterocycles. The summed E-state index contributed by atoms with van der Waals surface area (Å²) >= 11 is 5.89. The monoisotopic (exact) mass is 277 g/mol. The van der Waals surface area contributed by atoms with Crippen LogP contribution in [0.4, 0.5) is 0 Å². The second-order valence-electron chi connectivity index (χ2n) is 3.73. The molecule has 96 valence electrons. The van der Waals surface area contributed by atoms with Gasteiger partial charge in [0, 0.05) is 6.04 Å². The van der Waals surface area contributed by atoms with E-state index < -0.39 is 10.0 Å². The van der Waals surface area contributed by atoms with Gasteiger partial charge in [0.25, 0.3) is 0 Å². The topological polar surface area (TPSA) is 55.4 Å². The first-order valence-corrected chi connectivity index (χ1v) is 7.12. The normalized spacial score (nSPS) is 13.4. The van der Waals surface area contributed by atoms with Gasteiger partial charge in [-0.25, -0.2) is 13.1 Å². The number of ether oxygens (including phenoxy) is 1. The minimum atomic E-state index is -3.51. The van der Waals surface area contributed by atoms with Crippen LogP contribution in [0.25, 0.3) is 0 Å². The Morgan fingerprint density at radius 2 is 2.12 bits per heavy atom. The van der Waals surface area contributed by atoms with Gasteiger partial charge in [-0.05, 0) is 31.5 Å². The summed E-state index contributed by atoms with van der Waals surface area (Å²) in [6, 6.07) is 4.27. The largest absolute Gasteiger partial charge is 0.495 e. The molecule has 1 aromatic carbocycles. The average molecular weight is 278 g/mol. The first-order chi connectivity index (χ1) is 7.90. The number of rotatable bonds is 5. The minimum Gasteiger partial charge on any atom is -0.495 e. The Morgan fingerprint density at radius 1 is 1.47 bits per heavy atom. The third kappa shape index (κ3) is 3.59. The lowest BCUT2D eigenvalue weighted by Gasteiger charge is -2.12. The summed E-state index contributed by atoms with van der Waals surface area (Å²) in [6.07, 6.45) is 0.725. The zero-order valence-electron chi connectivity index (χ0n) is 10.0. The highest BCUT2D eigenvalue weighted by atomic mass is 35.5. The molecule has 1 rings (SSSR count). The average Bonchev–Trinajstić information content (AvgIpc) is 2.28. The van der Waals surface area contributed by atoms with Gasteiger partial charge >= 0.3 is 0 Å². The van der Waals surface area contributed by atoms with Crippen LogP contribution in [0.2, 0.25) is 5.02 Å². The molecule has 1 unspecified atom stereocenters. The lowest BCUT2D eigenvalue weighted by Crippen LogP contribution is -2.31. The highest BCUT2D eigenvalue weighted by Gasteiger charge is 2.17. The zero-order chi connectivity index (χ0) is 13.1. The Bertz CT molecular complexity index is 487. The van der Waals surface area contributed by atoms with Crippen LogP contribution in [0.15, 0.2) is 23.1 Å². The summed E-state index contributed by atoms with van der Waals surface area (Å²) in [7, 11) is -2.03. The third-order valence-corrected chi connectivity index (χ3v) is 4.28. The molecule has 0 aliphatic heterocycles. The fourth-order valence-corrected chi connectivity index (χ4v) is 2.91. The quantitative estimate of drug-likeness (QED) is 0.899. The summed E-state index contributed by atoms with van der Waals surface area (Å²) in [5.74, 6) is 0.453. The minimum absolute atomic E-state index is 0.110. The van der Waals surface area contributed by atoms with Crippen LogP contribution in [-0.4, -0.2) is 21.6 Å². The zero-order valence-corrected chi connectivity index (χ0v) is 11.6. The van der Waals surface area contributed by atoms with Crippen LogP contribution in [0.5, 0.6) is 5.75 Å². The molecule has 4 nitrogen and oxygen atoms in total. The van der Waals surface area contributed by atoms with Crippen LogP contribution in [0, 0.1) is 0 Å². The summed E-state index contributed by atoms with van der Waals surface area (Å²) in [5, 5.41) is 0.277. The molecule has 0 amide bonds. The molecule has 1 N–H and O–H groups in total. The van der Waals surface area contributed by atoms with Gasteiger partial charge in [0.2, 0.25) is 10.0 Å². The summed E-state index contributed by atoms with van der Waals surface area (Å²) in [5.41, 5.74) is 0. The van der Waals surface area contributed by atoms with Gasteiger partial charge in [-0.1, -0.05) is 18.5 Å². The first-order valence-electron chi connectivity index (χ1n) is 5.26. The van der Waals surface area contributed by atoms with Crippen LogP contribution in [0.1, 0.15) is 20.3 Å². The van der Waals surface area contributed by atoms with Gasteiger partial charge in [0.1, 0.15) is 5.75 Å². The lowest BCUT2D eigenvalue weighted by atomic mass is 10.3. The highest BCUT2D eigenvalue weighted by Crippen LogP contribution is 2.26. The Morgan fingerprint density at radius 3 is 2.59 bits per heavy atom. The van der Waals surface area contributed by atoms with E-state index in [1.165, 1.54) is 25.3 Å². The molecular weight excluding hydrogens is 262 g/mol. The molecular formula is C11H16ClNO3S. The number of halogens is 1. The number of nitrogens with one attached hydrogen (secondary N) is 1. The molecule has 1 aromatic rings. The van der Waals surface area contributed by atoms with Crippen molar-refractivity contribution in [3.63, 3.8) is 0 Å². The maximum Gasteiger partial charge on any atom is 0.240 e. The molecule has 0 radical (unpaired) electrons. The Hall–Kier alpha value is -0.780. The van der Waals surface area contributed by atoms with Crippen LogP contribution in [-0.2, 0) is 10.0 Å². The van der Waals surface area contributed by atoms with E-state index in [0.717, 1.165) is 6.42 Å². The second-order valence-corrected chi connectivity index (χ2v) is 5.85. The molecule has 0 aliphatic carbocycles. The van der Waals surface area contributed by atoms with Crippen LogP contribution >= 0.6 is 11.6 Å². The summed E-state index contributed by atoms with van der Waals surface area (Å²) in [6.45, 7) is 3.72. The Kier molecular flexibility index (Phi) is 4.80. The van der Waals surface area contributed by atoms with Gasteiger partial charge in [-0.2, -0.15) is 0 Å². The van der Waals surface area contributed by atoms with E-state index in [-0.39, 0.29) is 16.0 Å². The van der Waals surface area contributed by atoms with Crippen LogP contribution in [0.3, 0.4) is 0 Å². The van der Waals surface area contributed by atoms with Crippen molar-refractivity contribution in [3.05, 3.63) is 23.2 Å². The van der Waals surface area contributed by atoms with E-state index in [1.807, 2.05) is 13.8 Å². The fourth-order valence-electron chi connectivity index (χ4n) is 1.23. The van der Waals surface area contributed by atoms with E-state index in [0.29, 0.717) is 5.75 Å². The Labute approximate surface area is 107 Å². The molecule has 0 spiro atoms. The molecule has 0 aliphatic rings. The molecule has 0 heterocycles. The van der Waals surface area contributed by atoms with Gasteiger partial charge in [0.15, 0.2) is 0 Å². The second kappa shape index (κ2) is 5.71. The lowest BCUT2D eigenvalue weighted by molar-refractivity contribution is 0.414. The van der Waals surface area contributed by atoms with Crippen molar-refractivity contribution in [2.45, 2.75) is 31.2 Å². The molecule has 17 heavy (non-hydrogen) atoms. The van der Waals surface area contributed by atoms with Gasteiger partial charge in [0.05, 0.1) is 17.0 Å². The van der Waals surface area contributed by atoms with Crippen molar-refractivity contribution in [3.8, 4) is 5.75 Å². The summed E-state index contributed by atoms with van der Waals surface area (Å²) in [4.78, 5) is 0.142. The number of hydrogen-bond donors (Lipinski definition) is 1. The van der Waals surface area contributed by atoms with Gasteiger partial charge < -0.3 is 4.74 Å². The van der Waals surface area contributed by atoms with Crippen LogP contribution < -0.4 is 9.46 Å².